The smallest absolute Gasteiger partial charge is 0.276 e. The van der Waals surface area contributed by atoms with Gasteiger partial charge in [0.15, 0.2) is 6.61 Å². The van der Waals surface area contributed by atoms with Crippen LogP contribution in [0.2, 0.25) is 0 Å². The second kappa shape index (κ2) is 6.74. The van der Waals surface area contributed by atoms with Crippen molar-refractivity contribution in [2.75, 3.05) is 26.3 Å². The zero-order chi connectivity index (χ0) is 16.3. The normalized spacial score (nSPS) is 18.1. The van der Waals surface area contributed by atoms with Gasteiger partial charge >= 0.3 is 0 Å². The maximum atomic E-state index is 12.2. The van der Waals surface area contributed by atoms with Gasteiger partial charge in [-0.3, -0.25) is 14.9 Å². The van der Waals surface area contributed by atoms with E-state index in [9.17, 15) is 14.9 Å². The van der Waals surface area contributed by atoms with E-state index < -0.39 is 4.92 Å². The molecular formula is C15H20N2O5. The van der Waals surface area contributed by atoms with Crippen LogP contribution in [0.15, 0.2) is 12.1 Å². The highest BCUT2D eigenvalue weighted by Gasteiger charge is 2.23. The van der Waals surface area contributed by atoms with Gasteiger partial charge in [-0.2, -0.15) is 0 Å². The van der Waals surface area contributed by atoms with Gasteiger partial charge in [0, 0.05) is 19.2 Å². The molecule has 1 atom stereocenters. The second-order valence-corrected chi connectivity index (χ2v) is 5.42. The molecule has 2 rings (SSSR count). The van der Waals surface area contributed by atoms with E-state index in [0.717, 1.165) is 5.56 Å². The van der Waals surface area contributed by atoms with Crippen LogP contribution in [0.3, 0.4) is 0 Å². The first-order valence-electron chi connectivity index (χ1n) is 7.17. The maximum absolute atomic E-state index is 12.2. The molecule has 0 aliphatic carbocycles. The third-order valence-corrected chi connectivity index (χ3v) is 3.70. The number of nitro benzene ring substituents is 1. The summed E-state index contributed by atoms with van der Waals surface area (Å²) in [4.78, 5) is 24.4. The van der Waals surface area contributed by atoms with Gasteiger partial charge in [0.1, 0.15) is 5.75 Å². The Balaban J connectivity index is 2.06. The molecule has 22 heavy (non-hydrogen) atoms. The molecule has 0 aromatic heterocycles. The molecule has 1 aromatic carbocycles. The van der Waals surface area contributed by atoms with E-state index in [-0.39, 0.29) is 24.3 Å². The molecular weight excluding hydrogens is 288 g/mol. The summed E-state index contributed by atoms with van der Waals surface area (Å²) >= 11 is 0. The van der Waals surface area contributed by atoms with Crippen LogP contribution in [0.1, 0.15) is 18.1 Å². The third-order valence-electron chi connectivity index (χ3n) is 3.70. The van der Waals surface area contributed by atoms with Crippen LogP contribution >= 0.6 is 0 Å². The van der Waals surface area contributed by atoms with Crippen LogP contribution in [0, 0.1) is 24.0 Å². The van der Waals surface area contributed by atoms with Gasteiger partial charge in [0.25, 0.3) is 11.6 Å². The van der Waals surface area contributed by atoms with Gasteiger partial charge in [-0.05, 0) is 32.4 Å². The maximum Gasteiger partial charge on any atom is 0.276 e. The van der Waals surface area contributed by atoms with Crippen LogP contribution in [-0.2, 0) is 9.53 Å². The SMILES string of the molecule is Cc1ccc([N+](=O)[O-])c(C)c1OCC(=O)N1CCOC(C)C1. The van der Waals surface area contributed by atoms with Crippen molar-refractivity contribution in [1.82, 2.24) is 4.90 Å². The summed E-state index contributed by atoms with van der Waals surface area (Å²) in [6.45, 7) is 6.80. The molecule has 1 aliphatic rings. The van der Waals surface area contributed by atoms with Crippen molar-refractivity contribution in [3.63, 3.8) is 0 Å². The zero-order valence-electron chi connectivity index (χ0n) is 13.0. The van der Waals surface area contributed by atoms with Crippen molar-refractivity contribution in [2.45, 2.75) is 26.9 Å². The van der Waals surface area contributed by atoms with Crippen LogP contribution in [0.4, 0.5) is 5.69 Å². The zero-order valence-corrected chi connectivity index (χ0v) is 13.0. The number of hydrogen-bond acceptors (Lipinski definition) is 5. The number of nitro groups is 1. The largest absolute Gasteiger partial charge is 0.483 e. The minimum absolute atomic E-state index is 0.00644. The van der Waals surface area contributed by atoms with Gasteiger partial charge in [-0.15, -0.1) is 0 Å². The lowest BCUT2D eigenvalue weighted by Crippen LogP contribution is -2.46. The minimum atomic E-state index is -0.451. The average molecular weight is 308 g/mol. The average Bonchev–Trinajstić information content (AvgIpc) is 2.46. The highest BCUT2D eigenvalue weighted by molar-refractivity contribution is 5.78. The molecule has 7 nitrogen and oxygen atoms in total. The van der Waals surface area contributed by atoms with Crippen molar-refractivity contribution in [3.05, 3.63) is 33.4 Å². The van der Waals surface area contributed by atoms with E-state index >= 15 is 0 Å². The Morgan fingerprint density at radius 2 is 2.23 bits per heavy atom. The fraction of sp³-hybridized carbons (Fsp3) is 0.533. The number of carbonyl (C=O) groups is 1. The molecule has 0 bridgehead atoms. The van der Waals surface area contributed by atoms with Crippen molar-refractivity contribution >= 4 is 11.6 Å². The highest BCUT2D eigenvalue weighted by Crippen LogP contribution is 2.30. The van der Waals surface area contributed by atoms with E-state index in [1.165, 1.54) is 6.07 Å². The van der Waals surface area contributed by atoms with Crippen molar-refractivity contribution in [1.29, 1.82) is 0 Å². The van der Waals surface area contributed by atoms with Gasteiger partial charge in [0.05, 0.1) is 23.2 Å². The molecule has 0 spiro atoms. The number of carbonyl (C=O) groups excluding carboxylic acids is 1. The number of aryl methyl sites for hydroxylation is 1. The van der Waals surface area contributed by atoms with Gasteiger partial charge < -0.3 is 14.4 Å². The number of ether oxygens (including phenoxy) is 2. The summed E-state index contributed by atoms with van der Waals surface area (Å²) in [6.07, 6.45) is 0.0129. The quantitative estimate of drug-likeness (QED) is 0.626. The Morgan fingerprint density at radius 3 is 2.86 bits per heavy atom. The second-order valence-electron chi connectivity index (χ2n) is 5.42. The van der Waals surface area contributed by atoms with E-state index in [2.05, 4.69) is 0 Å². The third kappa shape index (κ3) is 3.54. The molecule has 7 heteroatoms. The van der Waals surface area contributed by atoms with Crippen LogP contribution in [0.5, 0.6) is 5.75 Å². The Morgan fingerprint density at radius 1 is 1.50 bits per heavy atom. The molecule has 1 heterocycles. The monoisotopic (exact) mass is 308 g/mol. The fourth-order valence-electron chi connectivity index (χ4n) is 2.51. The first kappa shape index (κ1) is 16.2. The predicted molar refractivity (Wildman–Crippen MR) is 80.1 cm³/mol. The van der Waals surface area contributed by atoms with Gasteiger partial charge in [0.2, 0.25) is 0 Å². The van der Waals surface area contributed by atoms with Gasteiger partial charge in [-0.25, -0.2) is 0 Å². The van der Waals surface area contributed by atoms with Crippen LogP contribution in [0.25, 0.3) is 0 Å². The van der Waals surface area contributed by atoms with E-state index in [0.29, 0.717) is 31.0 Å². The predicted octanol–water partition coefficient (Wildman–Crippen LogP) is 1.84. The summed E-state index contributed by atoms with van der Waals surface area (Å²) in [7, 11) is 0. The standard InChI is InChI=1S/C15H20N2O5/c1-10-4-5-13(17(19)20)12(3)15(10)22-9-14(18)16-6-7-21-11(2)8-16/h4-5,11H,6-9H2,1-3H3. The lowest BCUT2D eigenvalue weighted by Gasteiger charge is -2.31. The van der Waals surface area contributed by atoms with E-state index in [1.807, 2.05) is 6.92 Å². The summed E-state index contributed by atoms with van der Waals surface area (Å²) in [5.74, 6) is 0.268. The van der Waals surface area contributed by atoms with Gasteiger partial charge in [-0.1, -0.05) is 0 Å². The summed E-state index contributed by atoms with van der Waals surface area (Å²) in [5, 5.41) is 11.0. The molecule has 1 aromatic rings. The van der Waals surface area contributed by atoms with E-state index in [4.69, 9.17) is 9.47 Å². The Bertz CT molecular complexity index is 588. The summed E-state index contributed by atoms with van der Waals surface area (Å²) < 4.78 is 11.0. The number of morpholine rings is 1. The number of rotatable bonds is 4. The van der Waals surface area contributed by atoms with Crippen molar-refractivity contribution in [3.8, 4) is 5.75 Å². The topological polar surface area (TPSA) is 81.9 Å². The van der Waals surface area contributed by atoms with Crippen molar-refractivity contribution < 1.29 is 19.2 Å². The highest BCUT2D eigenvalue weighted by atomic mass is 16.6. The molecule has 1 fully saturated rings. The summed E-state index contributed by atoms with van der Waals surface area (Å²) in [6, 6.07) is 3.07. The fourth-order valence-corrected chi connectivity index (χ4v) is 2.51. The molecule has 0 radical (unpaired) electrons. The number of amides is 1. The first-order valence-corrected chi connectivity index (χ1v) is 7.17. The molecule has 1 unspecified atom stereocenters. The van der Waals surface area contributed by atoms with Crippen LogP contribution in [-0.4, -0.2) is 48.1 Å². The molecule has 1 amide bonds. The lowest BCUT2D eigenvalue weighted by molar-refractivity contribution is -0.385. The molecule has 1 saturated heterocycles. The van der Waals surface area contributed by atoms with Crippen LogP contribution < -0.4 is 4.74 Å². The first-order chi connectivity index (χ1) is 10.4. The molecule has 0 saturated carbocycles. The Hall–Kier alpha value is -2.15. The number of nitrogens with zero attached hydrogens (tertiary/aromatic N) is 2. The molecule has 0 N–H and O–H groups in total. The Labute approximate surface area is 129 Å². The Kier molecular flexibility index (Phi) is 4.97. The summed E-state index contributed by atoms with van der Waals surface area (Å²) in [5.41, 5.74) is 1.20. The number of benzene rings is 1. The van der Waals surface area contributed by atoms with E-state index in [1.54, 1.807) is 24.8 Å². The minimum Gasteiger partial charge on any atom is -0.483 e. The molecule has 1 aliphatic heterocycles. The number of hydrogen-bond donors (Lipinski definition) is 0. The molecule has 120 valence electrons. The lowest BCUT2D eigenvalue weighted by atomic mass is 10.1. The van der Waals surface area contributed by atoms with Crippen molar-refractivity contribution in [2.24, 2.45) is 0 Å².